The lowest BCUT2D eigenvalue weighted by molar-refractivity contribution is -0.291. The molecule has 0 aromatic heterocycles. The van der Waals surface area contributed by atoms with Crippen LogP contribution in [-0.2, 0) is 36.9 Å². The van der Waals surface area contributed by atoms with Crippen LogP contribution in [0.5, 0.6) is 0 Å². The van der Waals surface area contributed by atoms with Gasteiger partial charge in [0, 0.05) is 0 Å². The van der Waals surface area contributed by atoms with Gasteiger partial charge in [0.2, 0.25) is 0 Å². The van der Waals surface area contributed by atoms with Crippen molar-refractivity contribution in [3.8, 4) is 0 Å². The number of aliphatic hydroxyl groups excluding tert-OH is 1. The first kappa shape index (κ1) is 36.7. The fourth-order valence-corrected chi connectivity index (χ4v) is 5.03. The van der Waals surface area contributed by atoms with Gasteiger partial charge in [-0.05, 0) is 55.6 Å². The fourth-order valence-electron chi connectivity index (χ4n) is 5.03. The third-order valence-corrected chi connectivity index (χ3v) is 7.81. The summed E-state index contributed by atoms with van der Waals surface area (Å²) in [5.41, 5.74) is 1.51. The van der Waals surface area contributed by atoms with Crippen molar-refractivity contribution in [2.24, 2.45) is 17.3 Å². The van der Waals surface area contributed by atoms with E-state index in [9.17, 15) is 9.90 Å². The molecule has 3 rings (SSSR count). The SMILES string of the molecule is C[C@@H]1C(OCc2ccccc2)[C@H](OC[C@H](NC(=O)OC(C)(C)C)[C@H](O)/C=C/CC(C)(C)C)OC(COCc2ccccc2)[C@@H]1C. The average Bonchev–Trinajstić information content (AvgIpc) is 2.96. The second kappa shape index (κ2) is 17.2. The van der Waals surface area contributed by atoms with Gasteiger partial charge in [0.15, 0.2) is 6.29 Å². The monoisotopic (exact) mass is 625 g/mol. The van der Waals surface area contributed by atoms with E-state index in [0.29, 0.717) is 19.8 Å². The number of carbonyl (C=O) groups excluding carboxylic acids is 1. The van der Waals surface area contributed by atoms with Gasteiger partial charge in [-0.3, -0.25) is 0 Å². The van der Waals surface area contributed by atoms with Crippen LogP contribution in [0.25, 0.3) is 0 Å². The van der Waals surface area contributed by atoms with Gasteiger partial charge >= 0.3 is 6.09 Å². The molecule has 1 fully saturated rings. The second-order valence-corrected chi connectivity index (χ2v) is 14.3. The molecule has 2 unspecified atom stereocenters. The molecule has 0 bridgehead atoms. The number of aliphatic hydroxyl groups is 1. The normalized spacial score (nSPS) is 23.9. The number of hydrogen-bond donors (Lipinski definition) is 2. The third kappa shape index (κ3) is 13.3. The Bertz CT molecular complexity index is 1160. The number of amides is 1. The molecule has 1 saturated heterocycles. The van der Waals surface area contributed by atoms with Crippen molar-refractivity contribution >= 4 is 6.09 Å². The van der Waals surface area contributed by atoms with Gasteiger partial charge < -0.3 is 34.1 Å². The minimum atomic E-state index is -1.01. The molecule has 0 aliphatic carbocycles. The summed E-state index contributed by atoms with van der Waals surface area (Å²) in [6.07, 6.45) is 1.39. The maximum Gasteiger partial charge on any atom is 0.408 e. The van der Waals surface area contributed by atoms with E-state index in [4.69, 9.17) is 23.7 Å². The number of allylic oxidation sites excluding steroid dienone is 1. The molecule has 0 spiro atoms. The molecule has 1 aliphatic rings. The smallest absolute Gasteiger partial charge is 0.408 e. The van der Waals surface area contributed by atoms with Gasteiger partial charge in [0.25, 0.3) is 0 Å². The Morgan fingerprint density at radius 3 is 2.09 bits per heavy atom. The highest BCUT2D eigenvalue weighted by atomic mass is 16.7. The van der Waals surface area contributed by atoms with E-state index in [1.54, 1.807) is 26.8 Å². The minimum Gasteiger partial charge on any atom is -0.444 e. The Balaban J connectivity index is 1.76. The molecule has 250 valence electrons. The molecule has 2 N–H and O–H groups in total. The second-order valence-electron chi connectivity index (χ2n) is 14.3. The van der Waals surface area contributed by atoms with Gasteiger partial charge in [0.1, 0.15) is 11.7 Å². The first-order valence-corrected chi connectivity index (χ1v) is 16.1. The van der Waals surface area contributed by atoms with Crippen LogP contribution >= 0.6 is 0 Å². The molecule has 45 heavy (non-hydrogen) atoms. The first-order chi connectivity index (χ1) is 21.2. The molecule has 1 aliphatic heterocycles. The number of benzene rings is 2. The summed E-state index contributed by atoms with van der Waals surface area (Å²) in [5.74, 6) is 0.203. The van der Waals surface area contributed by atoms with Gasteiger partial charge in [-0.1, -0.05) is 107 Å². The summed E-state index contributed by atoms with van der Waals surface area (Å²) >= 11 is 0. The highest BCUT2D eigenvalue weighted by Gasteiger charge is 2.43. The van der Waals surface area contributed by atoms with Crippen molar-refractivity contribution in [1.82, 2.24) is 5.32 Å². The predicted molar refractivity (Wildman–Crippen MR) is 176 cm³/mol. The van der Waals surface area contributed by atoms with Crippen molar-refractivity contribution in [2.75, 3.05) is 13.2 Å². The quantitative estimate of drug-likeness (QED) is 0.217. The van der Waals surface area contributed by atoms with E-state index >= 15 is 0 Å². The average molecular weight is 626 g/mol. The molecular formula is C37H55NO7. The molecule has 2 aromatic rings. The topological polar surface area (TPSA) is 95.5 Å². The molecule has 2 aromatic carbocycles. The summed E-state index contributed by atoms with van der Waals surface area (Å²) in [7, 11) is 0. The Morgan fingerprint density at radius 2 is 1.51 bits per heavy atom. The first-order valence-electron chi connectivity index (χ1n) is 16.1. The summed E-state index contributed by atoms with van der Waals surface area (Å²) in [6.45, 7) is 17.3. The van der Waals surface area contributed by atoms with E-state index in [1.165, 1.54) is 0 Å². The zero-order chi connectivity index (χ0) is 33.0. The lowest BCUT2D eigenvalue weighted by atomic mass is 9.83. The van der Waals surface area contributed by atoms with Crippen LogP contribution in [0.3, 0.4) is 0 Å². The minimum absolute atomic E-state index is 0.0190. The Kier molecular flexibility index (Phi) is 14.1. The molecule has 1 amide bonds. The summed E-state index contributed by atoms with van der Waals surface area (Å²) in [4.78, 5) is 12.8. The lowest BCUT2D eigenvalue weighted by Crippen LogP contribution is -2.54. The van der Waals surface area contributed by atoms with Crippen molar-refractivity contribution in [1.29, 1.82) is 0 Å². The highest BCUT2D eigenvalue weighted by molar-refractivity contribution is 5.68. The van der Waals surface area contributed by atoms with E-state index in [2.05, 4.69) is 39.9 Å². The molecule has 7 atom stereocenters. The Labute approximate surface area is 270 Å². The van der Waals surface area contributed by atoms with Crippen LogP contribution in [-0.4, -0.2) is 60.7 Å². The molecule has 8 heteroatoms. The molecule has 8 nitrogen and oxygen atoms in total. The molecular weight excluding hydrogens is 570 g/mol. The number of rotatable bonds is 14. The highest BCUT2D eigenvalue weighted by Crippen LogP contribution is 2.34. The maximum absolute atomic E-state index is 12.8. The molecule has 1 heterocycles. The zero-order valence-electron chi connectivity index (χ0n) is 28.4. The maximum atomic E-state index is 12.8. The van der Waals surface area contributed by atoms with Crippen LogP contribution in [0.4, 0.5) is 4.79 Å². The van der Waals surface area contributed by atoms with Crippen LogP contribution in [0.1, 0.15) is 72.9 Å². The summed E-state index contributed by atoms with van der Waals surface area (Å²) < 4.78 is 30.9. The largest absolute Gasteiger partial charge is 0.444 e. The van der Waals surface area contributed by atoms with E-state index < -0.39 is 30.1 Å². The molecule has 0 saturated carbocycles. The number of hydrogen-bond acceptors (Lipinski definition) is 7. The number of ether oxygens (including phenoxy) is 5. The predicted octanol–water partition coefficient (Wildman–Crippen LogP) is 7.05. The van der Waals surface area contributed by atoms with Crippen LogP contribution in [0.15, 0.2) is 72.8 Å². The van der Waals surface area contributed by atoms with Crippen molar-refractivity contribution in [2.45, 2.75) is 111 Å². The Hall–Kier alpha value is -2.75. The summed E-state index contributed by atoms with van der Waals surface area (Å²) in [6, 6.07) is 19.2. The van der Waals surface area contributed by atoms with Gasteiger partial charge in [-0.2, -0.15) is 0 Å². The van der Waals surface area contributed by atoms with Crippen molar-refractivity contribution < 1.29 is 33.6 Å². The third-order valence-electron chi connectivity index (χ3n) is 7.81. The number of nitrogens with one attached hydrogen (secondary N) is 1. The lowest BCUT2D eigenvalue weighted by Gasteiger charge is -2.44. The van der Waals surface area contributed by atoms with Gasteiger partial charge in [-0.25, -0.2) is 4.79 Å². The zero-order valence-corrected chi connectivity index (χ0v) is 28.4. The van der Waals surface area contributed by atoms with Gasteiger partial charge in [0.05, 0.1) is 44.7 Å². The number of carbonyl (C=O) groups is 1. The standard InChI is InChI=1S/C37H55NO7/c1-26-27(2)33(42-23-29-18-13-10-14-19-29)34(44-32(26)25-41-22-28-16-11-9-12-17-28)43-24-30(38-35(40)45-37(6,7)8)31(39)20-15-21-36(3,4)5/h9-20,26-27,30-34,39H,21-25H2,1-8H3,(H,38,40)/b20-15+/t26-,27+,30+,31-,32?,33?,34-/m1/s1. The summed E-state index contributed by atoms with van der Waals surface area (Å²) in [5, 5.41) is 14.0. The van der Waals surface area contributed by atoms with Gasteiger partial charge in [-0.15, -0.1) is 0 Å². The van der Waals surface area contributed by atoms with Crippen LogP contribution in [0.2, 0.25) is 0 Å². The molecule has 0 radical (unpaired) electrons. The van der Waals surface area contributed by atoms with E-state index in [1.807, 2.05) is 66.7 Å². The van der Waals surface area contributed by atoms with Crippen LogP contribution < -0.4 is 5.32 Å². The Morgan fingerprint density at radius 1 is 0.911 bits per heavy atom. The van der Waals surface area contributed by atoms with Crippen LogP contribution in [0, 0.1) is 17.3 Å². The van der Waals surface area contributed by atoms with E-state index in [-0.39, 0.29) is 36.1 Å². The van der Waals surface area contributed by atoms with E-state index in [0.717, 1.165) is 17.5 Å². The number of alkyl carbamates (subject to hydrolysis) is 1. The van der Waals surface area contributed by atoms with Crippen molar-refractivity contribution in [3.63, 3.8) is 0 Å². The van der Waals surface area contributed by atoms with Crippen molar-refractivity contribution in [3.05, 3.63) is 83.9 Å². The fraction of sp³-hybridized carbons (Fsp3) is 0.595.